The van der Waals surface area contributed by atoms with Crippen LogP contribution in [0.25, 0.3) is 0 Å². The largest absolute Gasteiger partial charge is 0.370 e. The molecule has 1 rings (SSSR count). The molecule has 0 spiro atoms. The SMILES string of the molecule is CC(C)CCC1(C)COC(C)(CCC(C)C)CO1. The zero-order valence-electron chi connectivity index (χ0n) is 13.2. The molecule has 18 heavy (non-hydrogen) atoms. The van der Waals surface area contributed by atoms with E-state index in [2.05, 4.69) is 41.5 Å². The Morgan fingerprint density at radius 2 is 1.11 bits per heavy atom. The van der Waals surface area contributed by atoms with E-state index in [4.69, 9.17) is 9.47 Å². The molecule has 1 aliphatic rings. The molecule has 0 saturated carbocycles. The fourth-order valence-electron chi connectivity index (χ4n) is 2.21. The first-order valence-electron chi connectivity index (χ1n) is 7.53. The summed E-state index contributed by atoms with van der Waals surface area (Å²) in [5.41, 5.74) is -0.136. The predicted molar refractivity (Wildman–Crippen MR) is 76.9 cm³/mol. The summed E-state index contributed by atoms with van der Waals surface area (Å²) in [6, 6.07) is 0. The van der Waals surface area contributed by atoms with Crippen LogP contribution in [0.15, 0.2) is 0 Å². The van der Waals surface area contributed by atoms with Crippen molar-refractivity contribution in [2.24, 2.45) is 11.8 Å². The van der Waals surface area contributed by atoms with Crippen molar-refractivity contribution < 1.29 is 9.47 Å². The third kappa shape index (κ3) is 5.27. The molecule has 0 bridgehead atoms. The maximum Gasteiger partial charge on any atom is 0.0888 e. The van der Waals surface area contributed by atoms with E-state index < -0.39 is 0 Å². The highest BCUT2D eigenvalue weighted by molar-refractivity contribution is 4.87. The van der Waals surface area contributed by atoms with Gasteiger partial charge in [-0.2, -0.15) is 0 Å². The van der Waals surface area contributed by atoms with Gasteiger partial charge in [0.15, 0.2) is 0 Å². The molecular weight excluding hydrogens is 224 g/mol. The molecule has 0 radical (unpaired) electrons. The molecule has 1 heterocycles. The minimum absolute atomic E-state index is 0.0678. The Balaban J connectivity index is 2.38. The van der Waals surface area contributed by atoms with E-state index in [9.17, 15) is 0 Å². The van der Waals surface area contributed by atoms with Crippen molar-refractivity contribution >= 4 is 0 Å². The van der Waals surface area contributed by atoms with Crippen molar-refractivity contribution in [1.82, 2.24) is 0 Å². The summed E-state index contributed by atoms with van der Waals surface area (Å²) in [6.45, 7) is 14.9. The first-order valence-corrected chi connectivity index (χ1v) is 7.53. The second-order valence-electron chi connectivity index (χ2n) is 7.34. The van der Waals surface area contributed by atoms with Gasteiger partial charge in [-0.05, 0) is 51.4 Å². The smallest absolute Gasteiger partial charge is 0.0888 e. The van der Waals surface area contributed by atoms with Crippen LogP contribution in [-0.2, 0) is 9.47 Å². The molecule has 2 unspecified atom stereocenters. The summed E-state index contributed by atoms with van der Waals surface area (Å²) in [6.07, 6.45) is 4.63. The molecule has 0 amide bonds. The minimum atomic E-state index is -0.0678. The molecule has 0 aromatic carbocycles. The third-order valence-electron chi connectivity index (χ3n) is 3.95. The molecule has 1 fully saturated rings. The van der Waals surface area contributed by atoms with Gasteiger partial charge in [0.25, 0.3) is 0 Å². The van der Waals surface area contributed by atoms with Crippen LogP contribution in [0, 0.1) is 11.8 Å². The van der Waals surface area contributed by atoms with Crippen LogP contribution >= 0.6 is 0 Å². The topological polar surface area (TPSA) is 18.5 Å². The molecule has 1 aliphatic heterocycles. The molecule has 1 saturated heterocycles. The van der Waals surface area contributed by atoms with E-state index >= 15 is 0 Å². The second kappa shape index (κ2) is 6.38. The van der Waals surface area contributed by atoms with Crippen LogP contribution in [-0.4, -0.2) is 24.4 Å². The Morgan fingerprint density at radius 1 is 0.778 bits per heavy atom. The van der Waals surface area contributed by atoms with E-state index in [-0.39, 0.29) is 11.2 Å². The lowest BCUT2D eigenvalue weighted by Crippen LogP contribution is -2.50. The summed E-state index contributed by atoms with van der Waals surface area (Å²) in [7, 11) is 0. The Morgan fingerprint density at radius 3 is 1.33 bits per heavy atom. The molecule has 2 nitrogen and oxygen atoms in total. The van der Waals surface area contributed by atoms with Gasteiger partial charge in [0, 0.05) is 0 Å². The Kier molecular flexibility index (Phi) is 5.67. The predicted octanol–water partition coefficient (Wildman–Crippen LogP) is 4.42. The second-order valence-corrected chi connectivity index (χ2v) is 7.34. The fraction of sp³-hybridized carbons (Fsp3) is 1.00. The highest BCUT2D eigenvalue weighted by Crippen LogP contribution is 2.32. The standard InChI is InChI=1S/C16H32O2/c1-13(2)7-9-15(5)11-18-16(6,12-17-15)10-8-14(3)4/h13-14H,7-12H2,1-6H3. The normalized spacial score (nSPS) is 33.3. The van der Waals surface area contributed by atoms with Gasteiger partial charge < -0.3 is 9.47 Å². The van der Waals surface area contributed by atoms with Gasteiger partial charge in [0.1, 0.15) is 0 Å². The summed E-state index contributed by atoms with van der Waals surface area (Å²) in [5.74, 6) is 1.47. The summed E-state index contributed by atoms with van der Waals surface area (Å²) in [5, 5.41) is 0. The molecule has 0 aliphatic carbocycles. The van der Waals surface area contributed by atoms with Crippen LogP contribution in [0.1, 0.15) is 67.2 Å². The van der Waals surface area contributed by atoms with Crippen molar-refractivity contribution in [3.63, 3.8) is 0 Å². The summed E-state index contributed by atoms with van der Waals surface area (Å²) in [4.78, 5) is 0. The minimum Gasteiger partial charge on any atom is -0.370 e. The number of hydrogen-bond donors (Lipinski definition) is 0. The maximum absolute atomic E-state index is 6.14. The van der Waals surface area contributed by atoms with Gasteiger partial charge in [0.05, 0.1) is 24.4 Å². The van der Waals surface area contributed by atoms with Gasteiger partial charge in [-0.3, -0.25) is 0 Å². The van der Waals surface area contributed by atoms with Crippen molar-refractivity contribution in [2.45, 2.75) is 78.4 Å². The van der Waals surface area contributed by atoms with Gasteiger partial charge in [-0.1, -0.05) is 27.7 Å². The molecule has 0 aromatic rings. The van der Waals surface area contributed by atoms with Gasteiger partial charge in [-0.25, -0.2) is 0 Å². The lowest BCUT2D eigenvalue weighted by molar-refractivity contribution is -0.228. The molecule has 0 aromatic heterocycles. The van der Waals surface area contributed by atoms with Crippen LogP contribution in [0.3, 0.4) is 0 Å². The quantitative estimate of drug-likeness (QED) is 0.700. The van der Waals surface area contributed by atoms with E-state index in [0.29, 0.717) is 0 Å². The fourth-order valence-corrected chi connectivity index (χ4v) is 2.21. The highest BCUT2D eigenvalue weighted by atomic mass is 16.6. The average molecular weight is 256 g/mol. The van der Waals surface area contributed by atoms with E-state index in [0.717, 1.165) is 37.9 Å². The monoisotopic (exact) mass is 256 g/mol. The lowest BCUT2D eigenvalue weighted by Gasteiger charge is -2.44. The molecule has 0 N–H and O–H groups in total. The summed E-state index contributed by atoms with van der Waals surface area (Å²) < 4.78 is 12.3. The first-order chi connectivity index (χ1) is 8.25. The third-order valence-corrected chi connectivity index (χ3v) is 3.95. The molecule has 108 valence electrons. The Labute approximate surface area is 113 Å². The maximum atomic E-state index is 6.14. The van der Waals surface area contributed by atoms with Crippen molar-refractivity contribution in [1.29, 1.82) is 0 Å². The van der Waals surface area contributed by atoms with Gasteiger partial charge in [0.2, 0.25) is 0 Å². The van der Waals surface area contributed by atoms with Crippen LogP contribution < -0.4 is 0 Å². The Hall–Kier alpha value is -0.0800. The number of hydrogen-bond acceptors (Lipinski definition) is 2. The number of rotatable bonds is 6. The van der Waals surface area contributed by atoms with E-state index in [1.54, 1.807) is 0 Å². The zero-order valence-corrected chi connectivity index (χ0v) is 13.2. The molecule has 2 heteroatoms. The van der Waals surface area contributed by atoms with Crippen LogP contribution in [0.4, 0.5) is 0 Å². The van der Waals surface area contributed by atoms with Crippen molar-refractivity contribution in [3.05, 3.63) is 0 Å². The highest BCUT2D eigenvalue weighted by Gasteiger charge is 2.38. The van der Waals surface area contributed by atoms with E-state index in [1.807, 2.05) is 0 Å². The van der Waals surface area contributed by atoms with Gasteiger partial charge >= 0.3 is 0 Å². The lowest BCUT2D eigenvalue weighted by atomic mass is 9.91. The number of ether oxygens (including phenoxy) is 2. The van der Waals surface area contributed by atoms with E-state index in [1.165, 1.54) is 12.8 Å². The van der Waals surface area contributed by atoms with Crippen molar-refractivity contribution in [3.8, 4) is 0 Å². The first kappa shape index (κ1) is 16.0. The van der Waals surface area contributed by atoms with Crippen LogP contribution in [0.2, 0.25) is 0 Å². The summed E-state index contributed by atoms with van der Waals surface area (Å²) >= 11 is 0. The zero-order chi connectivity index (χ0) is 13.8. The van der Waals surface area contributed by atoms with Crippen LogP contribution in [0.5, 0.6) is 0 Å². The Bertz CT molecular complexity index is 211. The molecular formula is C16H32O2. The van der Waals surface area contributed by atoms with Crippen molar-refractivity contribution in [2.75, 3.05) is 13.2 Å². The van der Waals surface area contributed by atoms with Gasteiger partial charge in [-0.15, -0.1) is 0 Å². The molecule has 2 atom stereocenters. The average Bonchev–Trinajstić information content (AvgIpc) is 2.29.